The molecule has 0 radical (unpaired) electrons. The van der Waals surface area contributed by atoms with Crippen molar-refractivity contribution in [3.05, 3.63) is 12.4 Å². The van der Waals surface area contributed by atoms with Gasteiger partial charge in [-0.05, 0) is 12.8 Å². The van der Waals surface area contributed by atoms with Crippen LogP contribution in [0.15, 0.2) is 12.4 Å². The van der Waals surface area contributed by atoms with Crippen molar-refractivity contribution in [2.45, 2.75) is 26.8 Å². The van der Waals surface area contributed by atoms with Gasteiger partial charge in [0, 0.05) is 6.07 Å². The fourth-order valence-electron chi connectivity index (χ4n) is 1.43. The zero-order chi connectivity index (χ0) is 13.5. The number of esters is 1. The second-order valence-corrected chi connectivity index (χ2v) is 4.06. The van der Waals surface area contributed by atoms with E-state index in [0.29, 0.717) is 18.3 Å². The van der Waals surface area contributed by atoms with E-state index in [9.17, 15) is 4.79 Å². The molecule has 0 aliphatic carbocycles. The number of anilines is 1. The normalized spacial score (nSPS) is 12.1. The van der Waals surface area contributed by atoms with Gasteiger partial charge in [-0.15, -0.1) is 0 Å². The molecule has 1 atom stereocenters. The van der Waals surface area contributed by atoms with Gasteiger partial charge >= 0.3 is 5.97 Å². The maximum absolute atomic E-state index is 11.6. The van der Waals surface area contributed by atoms with Crippen molar-refractivity contribution in [1.82, 2.24) is 9.97 Å². The van der Waals surface area contributed by atoms with Gasteiger partial charge in [-0.25, -0.2) is 14.8 Å². The largest absolute Gasteiger partial charge is 0.478 e. The minimum atomic E-state index is -0.445. The number of ether oxygens (including phenoxy) is 2. The highest BCUT2D eigenvalue weighted by Gasteiger charge is 2.23. The molecule has 100 valence electrons. The van der Waals surface area contributed by atoms with Crippen LogP contribution in [0.25, 0.3) is 0 Å². The van der Waals surface area contributed by atoms with E-state index >= 15 is 0 Å². The molecular weight excluding hydrogens is 234 g/mol. The molecule has 6 heteroatoms. The van der Waals surface area contributed by atoms with Gasteiger partial charge in [0.1, 0.15) is 18.2 Å². The molecule has 0 amide bonds. The van der Waals surface area contributed by atoms with Crippen LogP contribution < -0.4 is 10.1 Å². The van der Waals surface area contributed by atoms with Crippen molar-refractivity contribution in [2.24, 2.45) is 5.92 Å². The maximum Gasteiger partial charge on any atom is 0.328 e. The minimum absolute atomic E-state index is 0.0861. The number of nitrogens with zero attached hydrogens (tertiary/aromatic N) is 2. The van der Waals surface area contributed by atoms with E-state index in [1.54, 1.807) is 6.07 Å². The Kier molecular flexibility index (Phi) is 5.35. The first-order chi connectivity index (χ1) is 8.58. The van der Waals surface area contributed by atoms with Crippen LogP contribution in [0, 0.1) is 5.92 Å². The van der Waals surface area contributed by atoms with Crippen molar-refractivity contribution >= 4 is 11.8 Å². The molecule has 0 aliphatic heterocycles. The first kappa shape index (κ1) is 14.2. The molecule has 1 aromatic rings. The van der Waals surface area contributed by atoms with Gasteiger partial charge in [-0.2, -0.15) is 0 Å². The third-order valence-electron chi connectivity index (χ3n) is 2.36. The van der Waals surface area contributed by atoms with Gasteiger partial charge in [0.25, 0.3) is 0 Å². The molecule has 1 unspecified atom stereocenters. The summed E-state index contributed by atoms with van der Waals surface area (Å²) >= 11 is 0. The molecule has 0 fully saturated rings. The Morgan fingerprint density at radius 2 is 2.17 bits per heavy atom. The molecule has 18 heavy (non-hydrogen) atoms. The summed E-state index contributed by atoms with van der Waals surface area (Å²) in [4.78, 5) is 19.6. The molecule has 1 rings (SSSR count). The predicted molar refractivity (Wildman–Crippen MR) is 67.5 cm³/mol. The monoisotopic (exact) mass is 253 g/mol. The van der Waals surface area contributed by atoms with Crippen molar-refractivity contribution in [3.63, 3.8) is 0 Å². The molecule has 0 saturated carbocycles. The van der Waals surface area contributed by atoms with E-state index in [-0.39, 0.29) is 11.9 Å². The molecule has 1 aromatic heterocycles. The Morgan fingerprint density at radius 1 is 1.44 bits per heavy atom. The standard InChI is InChI=1S/C12H19N3O3/c1-5-18-10-6-9(13-7-14-10)15-11(8(2)3)12(16)17-4/h6-8,11H,5H2,1-4H3,(H,13,14,15). The van der Waals surface area contributed by atoms with Gasteiger partial charge in [0.2, 0.25) is 5.88 Å². The summed E-state index contributed by atoms with van der Waals surface area (Å²) in [6, 6.07) is 1.21. The molecule has 0 aromatic carbocycles. The van der Waals surface area contributed by atoms with Crippen LogP contribution in [0.2, 0.25) is 0 Å². The summed E-state index contributed by atoms with van der Waals surface area (Å²) < 4.78 is 10.0. The molecule has 6 nitrogen and oxygen atoms in total. The molecule has 0 bridgehead atoms. The Labute approximate surface area is 107 Å². The first-order valence-corrected chi connectivity index (χ1v) is 5.87. The highest BCUT2D eigenvalue weighted by molar-refractivity contribution is 5.79. The van der Waals surface area contributed by atoms with Crippen molar-refractivity contribution in [1.29, 1.82) is 0 Å². The molecule has 1 N–H and O–H groups in total. The Hall–Kier alpha value is -1.85. The van der Waals surface area contributed by atoms with Crippen LogP contribution in [0.4, 0.5) is 5.82 Å². The minimum Gasteiger partial charge on any atom is -0.478 e. The average Bonchev–Trinajstić information content (AvgIpc) is 2.35. The average molecular weight is 253 g/mol. The van der Waals surface area contributed by atoms with Crippen LogP contribution in [0.1, 0.15) is 20.8 Å². The Morgan fingerprint density at radius 3 is 2.72 bits per heavy atom. The molecule has 0 saturated heterocycles. The van der Waals surface area contributed by atoms with Crippen LogP contribution >= 0.6 is 0 Å². The molecule has 1 heterocycles. The fourth-order valence-corrected chi connectivity index (χ4v) is 1.43. The number of nitrogens with one attached hydrogen (secondary N) is 1. The van der Waals surface area contributed by atoms with Gasteiger partial charge in [-0.3, -0.25) is 0 Å². The highest BCUT2D eigenvalue weighted by Crippen LogP contribution is 2.15. The molecule has 0 spiro atoms. The van der Waals surface area contributed by atoms with Crippen LogP contribution in [0.5, 0.6) is 5.88 Å². The van der Waals surface area contributed by atoms with Crippen molar-refractivity contribution < 1.29 is 14.3 Å². The van der Waals surface area contributed by atoms with Crippen molar-refractivity contribution in [2.75, 3.05) is 19.0 Å². The lowest BCUT2D eigenvalue weighted by Gasteiger charge is -2.20. The summed E-state index contributed by atoms with van der Waals surface area (Å²) in [7, 11) is 1.37. The number of rotatable bonds is 6. The van der Waals surface area contributed by atoms with Gasteiger partial charge < -0.3 is 14.8 Å². The number of hydrogen-bond donors (Lipinski definition) is 1. The number of carbonyl (C=O) groups is 1. The maximum atomic E-state index is 11.6. The third-order valence-corrected chi connectivity index (χ3v) is 2.36. The summed E-state index contributed by atoms with van der Waals surface area (Å²) in [5.74, 6) is 0.782. The zero-order valence-corrected chi connectivity index (χ0v) is 11.1. The highest BCUT2D eigenvalue weighted by atomic mass is 16.5. The third kappa shape index (κ3) is 3.87. The van der Waals surface area contributed by atoms with E-state index in [1.807, 2.05) is 20.8 Å². The van der Waals surface area contributed by atoms with Gasteiger partial charge in [-0.1, -0.05) is 13.8 Å². The van der Waals surface area contributed by atoms with Gasteiger partial charge in [0.15, 0.2) is 0 Å². The molecular formula is C12H19N3O3. The van der Waals surface area contributed by atoms with E-state index in [1.165, 1.54) is 13.4 Å². The molecule has 0 aliphatic rings. The number of methoxy groups -OCH3 is 1. The van der Waals surface area contributed by atoms with Crippen LogP contribution in [-0.4, -0.2) is 35.7 Å². The predicted octanol–water partition coefficient (Wildman–Crippen LogP) is 1.48. The first-order valence-electron chi connectivity index (χ1n) is 5.87. The van der Waals surface area contributed by atoms with E-state index in [0.717, 1.165) is 0 Å². The lowest BCUT2D eigenvalue weighted by Crippen LogP contribution is -2.35. The summed E-state index contributed by atoms with van der Waals surface area (Å²) in [6.45, 7) is 6.26. The lowest BCUT2D eigenvalue weighted by molar-refractivity contribution is -0.142. The van der Waals surface area contributed by atoms with Crippen molar-refractivity contribution in [3.8, 4) is 5.88 Å². The zero-order valence-electron chi connectivity index (χ0n) is 11.1. The smallest absolute Gasteiger partial charge is 0.328 e. The second-order valence-electron chi connectivity index (χ2n) is 4.06. The lowest BCUT2D eigenvalue weighted by atomic mass is 10.0. The number of aromatic nitrogens is 2. The van der Waals surface area contributed by atoms with E-state index in [2.05, 4.69) is 15.3 Å². The van der Waals surface area contributed by atoms with Crippen LogP contribution in [-0.2, 0) is 9.53 Å². The summed E-state index contributed by atoms with van der Waals surface area (Å²) in [6.07, 6.45) is 1.39. The van der Waals surface area contributed by atoms with Gasteiger partial charge in [0.05, 0.1) is 13.7 Å². The number of hydrogen-bond acceptors (Lipinski definition) is 6. The second kappa shape index (κ2) is 6.78. The Bertz CT molecular complexity index is 396. The number of carbonyl (C=O) groups excluding carboxylic acids is 1. The van der Waals surface area contributed by atoms with Crippen LogP contribution in [0.3, 0.4) is 0 Å². The summed E-state index contributed by atoms with van der Waals surface area (Å²) in [5, 5.41) is 3.02. The fraction of sp³-hybridized carbons (Fsp3) is 0.583. The SMILES string of the molecule is CCOc1cc(NC(C(=O)OC)C(C)C)ncn1. The topological polar surface area (TPSA) is 73.3 Å². The summed E-state index contributed by atoms with van der Waals surface area (Å²) in [5.41, 5.74) is 0. The van der Waals surface area contributed by atoms with E-state index < -0.39 is 6.04 Å². The van der Waals surface area contributed by atoms with E-state index in [4.69, 9.17) is 9.47 Å². The quantitative estimate of drug-likeness (QED) is 0.774. The Balaban J connectivity index is 2.80.